The van der Waals surface area contributed by atoms with Gasteiger partial charge < -0.3 is 14.4 Å². The van der Waals surface area contributed by atoms with Gasteiger partial charge in [0, 0.05) is 24.3 Å². The van der Waals surface area contributed by atoms with Gasteiger partial charge >= 0.3 is 5.97 Å². The fourth-order valence-electron chi connectivity index (χ4n) is 2.74. The minimum Gasteiger partial charge on any atom is -0.478 e. The Morgan fingerprint density at radius 2 is 1.78 bits per heavy atom. The monoisotopic (exact) mass is 388 g/mol. The number of ether oxygens (including phenoxy) is 1. The van der Waals surface area contributed by atoms with Crippen LogP contribution in [0.3, 0.4) is 0 Å². The average Bonchev–Trinajstić information content (AvgIpc) is 3.13. The van der Waals surface area contributed by atoms with E-state index in [0.29, 0.717) is 5.69 Å². The number of carbonyl (C=O) groups is 1. The summed E-state index contributed by atoms with van der Waals surface area (Å²) in [5.41, 5.74) is -0.667. The molecule has 1 heterocycles. The van der Waals surface area contributed by atoms with Gasteiger partial charge in [0.25, 0.3) is 5.60 Å². The first-order valence-corrected chi connectivity index (χ1v) is 9.28. The number of hydrogen-bond acceptors (Lipinski definition) is 6. The summed E-state index contributed by atoms with van der Waals surface area (Å²) in [6, 6.07) is 15.6. The number of primary sulfonamides is 1. The maximum atomic E-state index is 12.1. The summed E-state index contributed by atoms with van der Waals surface area (Å²) in [7, 11) is -2.70. The maximum Gasteiger partial charge on any atom is 0.348 e. The fourth-order valence-corrected chi connectivity index (χ4v) is 3.26. The fraction of sp³-hybridized carbons (Fsp3) is 0.111. The molecule has 0 bridgehead atoms. The topological polar surface area (TPSA) is 133 Å². The van der Waals surface area contributed by atoms with Crippen molar-refractivity contribution in [3.05, 3.63) is 72.0 Å². The third-order valence-electron chi connectivity index (χ3n) is 4.12. The van der Waals surface area contributed by atoms with Gasteiger partial charge in [-0.3, -0.25) is 0 Å². The minimum absolute atomic E-state index is 0.0558. The maximum absolute atomic E-state index is 12.1. The molecule has 27 heavy (non-hydrogen) atoms. The summed E-state index contributed by atoms with van der Waals surface area (Å²) >= 11 is 0. The molecular weight excluding hydrogens is 372 g/mol. The number of carboxylic acids is 1. The molecule has 0 radical (unpaired) electrons. The van der Waals surface area contributed by atoms with Gasteiger partial charge in [-0.15, -0.1) is 0 Å². The van der Waals surface area contributed by atoms with E-state index in [2.05, 4.69) is 5.16 Å². The highest BCUT2D eigenvalue weighted by molar-refractivity contribution is 7.89. The molecule has 8 nitrogen and oxygen atoms in total. The lowest BCUT2D eigenvalue weighted by molar-refractivity contribution is -0.160. The SMILES string of the molecule is COC(C(=O)O)(c1ccc(S(N)(=O)=O)cc1)c1cc(-c2ccccc2)no1. The second-order valence-electron chi connectivity index (χ2n) is 5.70. The van der Waals surface area contributed by atoms with E-state index in [1.807, 2.05) is 18.2 Å². The predicted molar refractivity (Wildman–Crippen MR) is 95.2 cm³/mol. The van der Waals surface area contributed by atoms with E-state index in [1.165, 1.54) is 37.4 Å². The van der Waals surface area contributed by atoms with E-state index in [0.717, 1.165) is 5.56 Å². The summed E-state index contributed by atoms with van der Waals surface area (Å²) in [4.78, 5) is 12.0. The molecule has 1 unspecified atom stereocenters. The van der Waals surface area contributed by atoms with Crippen molar-refractivity contribution in [2.75, 3.05) is 7.11 Å². The second kappa shape index (κ2) is 6.95. The van der Waals surface area contributed by atoms with Crippen molar-refractivity contribution in [2.45, 2.75) is 10.5 Å². The molecule has 0 saturated carbocycles. The Morgan fingerprint density at radius 1 is 1.15 bits per heavy atom. The Kier molecular flexibility index (Phi) is 4.83. The zero-order valence-corrected chi connectivity index (χ0v) is 15.0. The standard InChI is InChI=1S/C18H16N2O6S/c1-25-18(17(21)22,13-7-9-14(10-8-13)27(19,23)24)16-11-15(20-26-16)12-5-3-2-4-6-12/h2-11H,1H3,(H,21,22)(H2,19,23,24). The van der Waals surface area contributed by atoms with Crippen LogP contribution in [-0.4, -0.2) is 31.8 Å². The number of rotatable bonds is 6. The number of nitrogens with zero attached hydrogens (tertiary/aromatic N) is 1. The van der Waals surface area contributed by atoms with Crippen molar-refractivity contribution in [1.29, 1.82) is 0 Å². The molecule has 0 fully saturated rings. The van der Waals surface area contributed by atoms with E-state index in [1.54, 1.807) is 12.1 Å². The highest BCUT2D eigenvalue weighted by Crippen LogP contribution is 2.36. The number of aromatic nitrogens is 1. The van der Waals surface area contributed by atoms with Gasteiger partial charge in [0.1, 0.15) is 5.69 Å². The van der Waals surface area contributed by atoms with Crippen LogP contribution in [-0.2, 0) is 25.2 Å². The molecule has 0 saturated heterocycles. The Balaban J connectivity index is 2.12. The van der Waals surface area contributed by atoms with Crippen LogP contribution in [0.2, 0.25) is 0 Å². The Labute approximate surface area is 155 Å². The lowest BCUT2D eigenvalue weighted by Crippen LogP contribution is -2.38. The average molecular weight is 388 g/mol. The molecule has 3 N–H and O–H groups in total. The van der Waals surface area contributed by atoms with Crippen molar-refractivity contribution in [3.8, 4) is 11.3 Å². The van der Waals surface area contributed by atoms with Crippen molar-refractivity contribution in [3.63, 3.8) is 0 Å². The van der Waals surface area contributed by atoms with E-state index in [9.17, 15) is 18.3 Å². The summed E-state index contributed by atoms with van der Waals surface area (Å²) in [6.45, 7) is 0. The summed E-state index contributed by atoms with van der Waals surface area (Å²) < 4.78 is 33.5. The molecule has 0 spiro atoms. The molecule has 0 amide bonds. The Bertz CT molecular complexity index is 1060. The number of benzene rings is 2. The first-order valence-electron chi connectivity index (χ1n) is 7.73. The van der Waals surface area contributed by atoms with Gasteiger partial charge in [0.05, 0.1) is 4.90 Å². The van der Waals surface area contributed by atoms with E-state index in [-0.39, 0.29) is 16.2 Å². The smallest absolute Gasteiger partial charge is 0.348 e. The van der Waals surface area contributed by atoms with Crippen LogP contribution >= 0.6 is 0 Å². The van der Waals surface area contributed by atoms with Crippen molar-refractivity contribution in [1.82, 2.24) is 5.16 Å². The van der Waals surface area contributed by atoms with Crippen LogP contribution in [0.5, 0.6) is 0 Å². The highest BCUT2D eigenvalue weighted by atomic mass is 32.2. The van der Waals surface area contributed by atoms with Gasteiger partial charge in [0.2, 0.25) is 10.0 Å². The van der Waals surface area contributed by atoms with E-state index >= 15 is 0 Å². The molecule has 0 aliphatic carbocycles. The van der Waals surface area contributed by atoms with Gasteiger partial charge in [-0.25, -0.2) is 18.4 Å². The molecule has 1 atom stereocenters. The van der Waals surface area contributed by atoms with Gasteiger partial charge in [-0.2, -0.15) is 0 Å². The first-order chi connectivity index (χ1) is 12.8. The van der Waals surface area contributed by atoms with Gasteiger partial charge in [-0.1, -0.05) is 47.6 Å². The molecule has 9 heteroatoms. The molecule has 0 aliphatic heterocycles. The van der Waals surface area contributed by atoms with Crippen molar-refractivity contribution >= 4 is 16.0 Å². The lowest BCUT2D eigenvalue weighted by Gasteiger charge is -2.25. The summed E-state index contributed by atoms with van der Waals surface area (Å²) in [5, 5.41) is 18.9. The quantitative estimate of drug-likeness (QED) is 0.659. The molecule has 3 aromatic rings. The molecule has 3 rings (SSSR count). The van der Waals surface area contributed by atoms with Crippen molar-refractivity contribution in [2.24, 2.45) is 5.14 Å². The number of aliphatic carboxylic acids is 1. The van der Waals surface area contributed by atoms with Gasteiger partial charge in [0.15, 0.2) is 5.76 Å². The lowest BCUT2D eigenvalue weighted by atomic mass is 9.90. The van der Waals surface area contributed by atoms with Crippen LogP contribution in [0.15, 0.2) is 70.1 Å². The molecule has 0 aliphatic rings. The largest absolute Gasteiger partial charge is 0.478 e. The third-order valence-corrected chi connectivity index (χ3v) is 5.05. The van der Waals surface area contributed by atoms with Gasteiger partial charge in [-0.05, 0) is 12.1 Å². The molecular formula is C18H16N2O6S. The zero-order valence-electron chi connectivity index (χ0n) is 14.2. The zero-order chi connectivity index (χ0) is 19.7. The van der Waals surface area contributed by atoms with Crippen LogP contribution in [0.4, 0.5) is 0 Å². The van der Waals surface area contributed by atoms with Crippen LogP contribution in [0.1, 0.15) is 11.3 Å². The van der Waals surface area contributed by atoms with E-state index in [4.69, 9.17) is 14.4 Å². The number of hydrogen-bond donors (Lipinski definition) is 2. The van der Waals surface area contributed by atoms with Crippen LogP contribution < -0.4 is 5.14 Å². The molecule has 140 valence electrons. The summed E-state index contributed by atoms with van der Waals surface area (Å²) in [5.74, 6) is -1.40. The third kappa shape index (κ3) is 3.35. The highest BCUT2D eigenvalue weighted by Gasteiger charge is 2.47. The van der Waals surface area contributed by atoms with Crippen molar-refractivity contribution < 1.29 is 27.6 Å². The Hall–Kier alpha value is -3.01. The predicted octanol–water partition coefficient (Wildman–Crippen LogP) is 1.96. The number of sulfonamides is 1. The Morgan fingerprint density at radius 3 is 2.30 bits per heavy atom. The minimum atomic E-state index is -3.91. The number of carboxylic acid groups (broad SMARTS) is 1. The second-order valence-corrected chi connectivity index (χ2v) is 7.26. The summed E-state index contributed by atoms with van der Waals surface area (Å²) in [6.07, 6.45) is 0. The molecule has 2 aromatic carbocycles. The van der Waals surface area contributed by atoms with E-state index < -0.39 is 21.6 Å². The number of methoxy groups -OCH3 is 1. The van der Waals surface area contributed by atoms with Crippen LogP contribution in [0.25, 0.3) is 11.3 Å². The van der Waals surface area contributed by atoms with Crippen LogP contribution in [0, 0.1) is 0 Å². The molecule has 1 aromatic heterocycles. The normalized spacial score (nSPS) is 13.9. The number of nitrogens with two attached hydrogens (primary N) is 1. The first kappa shape index (κ1) is 18.8.